The van der Waals surface area contributed by atoms with Crippen molar-refractivity contribution in [3.63, 3.8) is 0 Å². The van der Waals surface area contributed by atoms with Gasteiger partial charge >= 0.3 is 0 Å². The maximum absolute atomic E-state index is 7.46. The molecule has 0 radical (unpaired) electrons. The van der Waals surface area contributed by atoms with E-state index in [0.29, 0.717) is 0 Å². The third-order valence-corrected chi connectivity index (χ3v) is 5.07. The minimum atomic E-state index is 0.135. The molecule has 2 fully saturated rings. The van der Waals surface area contributed by atoms with Crippen LogP contribution < -0.4 is 16.0 Å². The van der Waals surface area contributed by atoms with Gasteiger partial charge in [0.2, 0.25) is 0 Å². The first kappa shape index (κ1) is 15.3. The number of rotatable bonds is 3. The maximum Gasteiger partial charge on any atom is 0.122 e. The van der Waals surface area contributed by atoms with Crippen molar-refractivity contribution in [3.8, 4) is 0 Å². The molecule has 0 spiro atoms. The van der Waals surface area contributed by atoms with E-state index in [4.69, 9.17) is 11.1 Å². The molecule has 3 rings (SSSR count). The summed E-state index contributed by atoms with van der Waals surface area (Å²) in [5.74, 6) is 0.881. The van der Waals surface area contributed by atoms with E-state index in [-0.39, 0.29) is 5.84 Å². The van der Waals surface area contributed by atoms with Gasteiger partial charge in [-0.2, -0.15) is 0 Å². The lowest BCUT2D eigenvalue weighted by Crippen LogP contribution is -2.55. The number of nitrogens with two attached hydrogens (primary N) is 1. The molecule has 0 aromatic heterocycles. The summed E-state index contributed by atoms with van der Waals surface area (Å²) in [6.45, 7) is 9.11. The zero-order chi connectivity index (χ0) is 15.5. The average molecular weight is 301 g/mol. The lowest BCUT2D eigenvalue weighted by molar-refractivity contribution is 0.113. The second-order valence-corrected chi connectivity index (χ2v) is 6.52. The van der Waals surface area contributed by atoms with Crippen LogP contribution in [-0.2, 0) is 0 Å². The predicted octanol–water partition coefficient (Wildman–Crippen LogP) is 1.09. The van der Waals surface area contributed by atoms with Gasteiger partial charge < -0.3 is 16.0 Å². The molecule has 2 heterocycles. The Labute approximate surface area is 133 Å². The Bertz CT molecular complexity index is 504. The Morgan fingerprint density at radius 3 is 2.45 bits per heavy atom. The number of nitrogens with one attached hydrogen (secondary N) is 2. The van der Waals surface area contributed by atoms with Gasteiger partial charge in [-0.05, 0) is 49.7 Å². The fourth-order valence-electron chi connectivity index (χ4n) is 3.71. The maximum atomic E-state index is 7.46. The van der Waals surface area contributed by atoms with E-state index in [1.807, 2.05) is 12.1 Å². The van der Waals surface area contributed by atoms with E-state index < -0.39 is 0 Å². The van der Waals surface area contributed by atoms with Gasteiger partial charge in [0.05, 0.1) is 0 Å². The van der Waals surface area contributed by atoms with E-state index in [0.717, 1.165) is 56.8 Å². The van der Waals surface area contributed by atoms with E-state index in [2.05, 4.69) is 34.2 Å². The van der Waals surface area contributed by atoms with Crippen LogP contribution in [-0.4, -0.2) is 56.0 Å². The third-order valence-electron chi connectivity index (χ3n) is 5.07. The van der Waals surface area contributed by atoms with Gasteiger partial charge in [-0.3, -0.25) is 10.3 Å². The number of hydrogen-bond acceptors (Lipinski definition) is 4. The molecule has 2 aliphatic heterocycles. The predicted molar refractivity (Wildman–Crippen MR) is 91.7 cm³/mol. The lowest BCUT2D eigenvalue weighted by atomic mass is 9.93. The third kappa shape index (κ3) is 3.25. The molecule has 0 bridgehead atoms. The van der Waals surface area contributed by atoms with Crippen LogP contribution in [0.5, 0.6) is 0 Å². The van der Waals surface area contributed by atoms with Crippen LogP contribution in [0.2, 0.25) is 0 Å². The molecule has 0 saturated carbocycles. The van der Waals surface area contributed by atoms with Crippen LogP contribution in [0.25, 0.3) is 0 Å². The number of anilines is 1. The van der Waals surface area contributed by atoms with E-state index >= 15 is 0 Å². The fraction of sp³-hybridized carbons (Fsp3) is 0.588. The summed E-state index contributed by atoms with van der Waals surface area (Å²) in [4.78, 5) is 5.11. The number of nitrogen functional groups attached to an aromatic ring is 1. The normalized spacial score (nSPS) is 26.9. The van der Waals surface area contributed by atoms with Crippen molar-refractivity contribution < 1.29 is 0 Å². The van der Waals surface area contributed by atoms with Crippen molar-refractivity contribution in [1.82, 2.24) is 10.2 Å². The first-order valence-electron chi connectivity index (χ1n) is 8.29. The summed E-state index contributed by atoms with van der Waals surface area (Å²) in [6, 6.07) is 8.79. The molecule has 2 unspecified atom stereocenters. The molecule has 1 aromatic rings. The quantitative estimate of drug-likeness (QED) is 0.577. The van der Waals surface area contributed by atoms with Crippen LogP contribution in [0.4, 0.5) is 5.69 Å². The Morgan fingerprint density at radius 1 is 1.18 bits per heavy atom. The molecular formula is C17H27N5. The molecule has 5 nitrogen and oxygen atoms in total. The molecule has 5 heteroatoms. The van der Waals surface area contributed by atoms with E-state index in [1.54, 1.807) is 0 Å². The summed E-state index contributed by atoms with van der Waals surface area (Å²) in [6.07, 6.45) is 1.27. The molecule has 22 heavy (non-hydrogen) atoms. The van der Waals surface area contributed by atoms with Crippen LogP contribution >= 0.6 is 0 Å². The summed E-state index contributed by atoms with van der Waals surface area (Å²) in [5, 5.41) is 10.9. The zero-order valence-corrected chi connectivity index (χ0v) is 13.4. The van der Waals surface area contributed by atoms with Crippen molar-refractivity contribution in [2.45, 2.75) is 19.4 Å². The molecule has 0 amide bonds. The molecule has 0 aliphatic carbocycles. The Balaban J connectivity index is 1.58. The zero-order valence-electron chi connectivity index (χ0n) is 13.4. The van der Waals surface area contributed by atoms with E-state index in [9.17, 15) is 0 Å². The molecule has 120 valence electrons. The molecule has 1 aromatic carbocycles. The van der Waals surface area contributed by atoms with Gasteiger partial charge in [-0.25, -0.2) is 0 Å². The first-order chi connectivity index (χ1) is 10.6. The molecule has 2 aliphatic rings. The minimum Gasteiger partial charge on any atom is -0.384 e. The van der Waals surface area contributed by atoms with Gasteiger partial charge in [-0.15, -0.1) is 0 Å². The highest BCUT2D eigenvalue weighted by Gasteiger charge is 2.29. The van der Waals surface area contributed by atoms with Crippen LogP contribution in [0.15, 0.2) is 24.3 Å². The molecule has 4 N–H and O–H groups in total. The monoisotopic (exact) mass is 301 g/mol. The van der Waals surface area contributed by atoms with Crippen molar-refractivity contribution in [1.29, 1.82) is 5.41 Å². The highest BCUT2D eigenvalue weighted by atomic mass is 15.3. The topological polar surface area (TPSA) is 68.4 Å². The van der Waals surface area contributed by atoms with Gasteiger partial charge in [-0.1, -0.05) is 6.92 Å². The number of piperazine rings is 1. The number of nitrogens with zero attached hydrogens (tertiary/aromatic N) is 2. The SMILES string of the molecule is CC1CNCCC1N1CCN(c2ccc(C(=N)N)cc2)CC1. The number of benzene rings is 1. The van der Waals surface area contributed by atoms with Crippen molar-refractivity contribution >= 4 is 11.5 Å². The summed E-state index contributed by atoms with van der Waals surface area (Å²) >= 11 is 0. The summed E-state index contributed by atoms with van der Waals surface area (Å²) in [5.41, 5.74) is 7.55. The highest BCUT2D eigenvalue weighted by molar-refractivity contribution is 5.95. The minimum absolute atomic E-state index is 0.135. The van der Waals surface area contributed by atoms with Crippen LogP contribution in [0.3, 0.4) is 0 Å². The lowest BCUT2D eigenvalue weighted by Gasteiger charge is -2.44. The molecule has 2 atom stereocenters. The second-order valence-electron chi connectivity index (χ2n) is 6.52. The van der Waals surface area contributed by atoms with Crippen LogP contribution in [0, 0.1) is 11.3 Å². The van der Waals surface area contributed by atoms with Crippen LogP contribution in [0.1, 0.15) is 18.9 Å². The number of amidine groups is 1. The molecule has 2 saturated heterocycles. The van der Waals surface area contributed by atoms with Gasteiger partial charge in [0, 0.05) is 43.5 Å². The Morgan fingerprint density at radius 2 is 1.86 bits per heavy atom. The van der Waals surface area contributed by atoms with Crippen molar-refractivity contribution in [2.75, 3.05) is 44.2 Å². The largest absolute Gasteiger partial charge is 0.384 e. The summed E-state index contributed by atoms with van der Waals surface area (Å²) < 4.78 is 0. The van der Waals surface area contributed by atoms with Gasteiger partial charge in [0.1, 0.15) is 5.84 Å². The Hall–Kier alpha value is -1.59. The van der Waals surface area contributed by atoms with Gasteiger partial charge in [0.15, 0.2) is 0 Å². The van der Waals surface area contributed by atoms with E-state index in [1.165, 1.54) is 12.1 Å². The Kier molecular flexibility index (Phi) is 4.64. The van der Waals surface area contributed by atoms with Crippen molar-refractivity contribution in [2.24, 2.45) is 11.7 Å². The second kappa shape index (κ2) is 6.67. The van der Waals surface area contributed by atoms with Gasteiger partial charge in [0.25, 0.3) is 0 Å². The highest BCUT2D eigenvalue weighted by Crippen LogP contribution is 2.22. The fourth-order valence-corrected chi connectivity index (χ4v) is 3.71. The average Bonchev–Trinajstić information content (AvgIpc) is 2.56. The standard InChI is InChI=1S/C17H27N5/c1-13-12-20-7-6-16(13)22-10-8-21(9-11-22)15-4-2-14(3-5-15)17(18)19/h2-5,13,16,20H,6-12H2,1H3,(H3,18,19). The first-order valence-corrected chi connectivity index (χ1v) is 8.29. The van der Waals surface area contributed by atoms with Crippen molar-refractivity contribution in [3.05, 3.63) is 29.8 Å². The molecular weight excluding hydrogens is 274 g/mol. The number of hydrogen-bond donors (Lipinski definition) is 3. The summed E-state index contributed by atoms with van der Waals surface area (Å²) in [7, 11) is 0. The smallest absolute Gasteiger partial charge is 0.122 e. The number of piperidine rings is 1.